The number of hydrogen-bond acceptors (Lipinski definition) is 6. The highest BCUT2D eigenvalue weighted by Gasteiger charge is 2.27. The molecule has 0 spiro atoms. The van der Waals surface area contributed by atoms with E-state index in [4.69, 9.17) is 23.2 Å². The SMILES string of the molecule is Cc1cc(/C=N\NC(=O)CN(c2ccc([N+](=O)[O-])cc2)S(=O)(=O)c2ccccc2)c(C)n1-c1ccc(Cl)cc1Cl. The molecule has 0 aliphatic rings. The molecule has 1 amide bonds. The Morgan fingerprint density at radius 3 is 2.35 bits per heavy atom. The van der Waals surface area contributed by atoms with Crippen molar-refractivity contribution in [3.8, 4) is 5.69 Å². The summed E-state index contributed by atoms with van der Waals surface area (Å²) in [6.45, 7) is 3.14. The number of halogens is 2. The predicted molar refractivity (Wildman–Crippen MR) is 155 cm³/mol. The molecule has 4 rings (SSSR count). The maximum absolute atomic E-state index is 13.4. The lowest BCUT2D eigenvalue weighted by molar-refractivity contribution is -0.384. The molecule has 0 aliphatic heterocycles. The van der Waals surface area contributed by atoms with Crippen molar-refractivity contribution in [3.05, 3.63) is 116 Å². The molecule has 40 heavy (non-hydrogen) atoms. The van der Waals surface area contributed by atoms with Crippen LogP contribution in [0.5, 0.6) is 0 Å². The summed E-state index contributed by atoms with van der Waals surface area (Å²) in [5.74, 6) is -0.719. The minimum atomic E-state index is -4.18. The number of anilines is 1. The highest BCUT2D eigenvalue weighted by Crippen LogP contribution is 2.29. The number of amides is 1. The molecule has 206 valence electrons. The molecule has 0 radical (unpaired) electrons. The first-order chi connectivity index (χ1) is 19.0. The molecule has 0 atom stereocenters. The maximum atomic E-state index is 13.4. The number of hydrogen-bond donors (Lipinski definition) is 1. The zero-order chi connectivity index (χ0) is 29.0. The Bertz CT molecular complexity index is 1710. The Kier molecular flexibility index (Phi) is 8.58. The van der Waals surface area contributed by atoms with Gasteiger partial charge in [0.2, 0.25) is 0 Å². The third-order valence-electron chi connectivity index (χ3n) is 5.98. The first kappa shape index (κ1) is 28.8. The smallest absolute Gasteiger partial charge is 0.269 e. The monoisotopic (exact) mass is 599 g/mol. The maximum Gasteiger partial charge on any atom is 0.269 e. The highest BCUT2D eigenvalue weighted by atomic mass is 35.5. The quantitative estimate of drug-likeness (QED) is 0.151. The zero-order valence-electron chi connectivity index (χ0n) is 21.3. The number of nitro groups is 1. The van der Waals surface area contributed by atoms with Gasteiger partial charge in [-0.25, -0.2) is 13.8 Å². The lowest BCUT2D eigenvalue weighted by Crippen LogP contribution is -2.39. The number of nitrogens with zero attached hydrogens (tertiary/aromatic N) is 4. The molecule has 13 heteroatoms. The number of nitrogens with one attached hydrogen (secondary N) is 1. The van der Waals surface area contributed by atoms with E-state index in [1.807, 2.05) is 24.5 Å². The number of aryl methyl sites for hydroxylation is 1. The summed E-state index contributed by atoms with van der Waals surface area (Å²) in [5.41, 5.74) is 5.33. The van der Waals surface area contributed by atoms with Crippen molar-refractivity contribution >= 4 is 56.7 Å². The van der Waals surface area contributed by atoms with Crippen LogP contribution in [0.3, 0.4) is 0 Å². The van der Waals surface area contributed by atoms with E-state index < -0.39 is 27.4 Å². The topological polar surface area (TPSA) is 127 Å². The van der Waals surface area contributed by atoms with Crippen LogP contribution < -0.4 is 9.73 Å². The van der Waals surface area contributed by atoms with Crippen molar-refractivity contribution in [3.63, 3.8) is 0 Å². The molecule has 1 heterocycles. The number of sulfonamides is 1. The largest absolute Gasteiger partial charge is 0.316 e. The van der Waals surface area contributed by atoms with E-state index in [0.717, 1.165) is 21.4 Å². The Balaban J connectivity index is 1.56. The first-order valence-corrected chi connectivity index (χ1v) is 14.0. The third-order valence-corrected chi connectivity index (χ3v) is 8.31. The van der Waals surface area contributed by atoms with Crippen LogP contribution in [0.1, 0.15) is 17.0 Å². The number of hydrazone groups is 1. The third kappa shape index (κ3) is 6.17. The fourth-order valence-electron chi connectivity index (χ4n) is 4.07. The van der Waals surface area contributed by atoms with Crippen LogP contribution in [-0.4, -0.2) is 36.6 Å². The molecule has 0 bridgehead atoms. The molecule has 1 N–H and O–H groups in total. The Morgan fingerprint density at radius 1 is 1.05 bits per heavy atom. The van der Waals surface area contributed by atoms with Crippen LogP contribution in [0.15, 0.2) is 88.9 Å². The average molecular weight is 600 g/mol. The van der Waals surface area contributed by atoms with Gasteiger partial charge in [-0.3, -0.25) is 19.2 Å². The Labute approximate surface area is 240 Å². The molecular formula is C27H23Cl2N5O5S. The normalized spacial score (nSPS) is 11.5. The van der Waals surface area contributed by atoms with E-state index in [1.54, 1.807) is 36.4 Å². The summed E-state index contributed by atoms with van der Waals surface area (Å²) in [7, 11) is -4.18. The number of nitro benzene ring substituents is 1. The van der Waals surface area contributed by atoms with Crippen LogP contribution in [-0.2, 0) is 14.8 Å². The van der Waals surface area contributed by atoms with Crippen molar-refractivity contribution in [2.75, 3.05) is 10.8 Å². The van der Waals surface area contributed by atoms with Gasteiger partial charge < -0.3 is 4.57 Å². The van der Waals surface area contributed by atoms with E-state index in [-0.39, 0.29) is 16.3 Å². The first-order valence-electron chi connectivity index (χ1n) is 11.8. The van der Waals surface area contributed by atoms with Crippen molar-refractivity contribution < 1.29 is 18.1 Å². The number of benzene rings is 3. The second-order valence-corrected chi connectivity index (χ2v) is 11.4. The summed E-state index contributed by atoms with van der Waals surface area (Å²) in [4.78, 5) is 23.3. The van der Waals surface area contributed by atoms with Gasteiger partial charge >= 0.3 is 0 Å². The van der Waals surface area contributed by atoms with Crippen LogP contribution in [0.2, 0.25) is 10.0 Å². The number of aromatic nitrogens is 1. The summed E-state index contributed by atoms with van der Waals surface area (Å²) >= 11 is 12.4. The molecular weight excluding hydrogens is 577 g/mol. The molecule has 4 aromatic rings. The van der Waals surface area contributed by atoms with Gasteiger partial charge in [0, 0.05) is 34.1 Å². The van der Waals surface area contributed by atoms with E-state index in [9.17, 15) is 23.3 Å². The lowest BCUT2D eigenvalue weighted by Gasteiger charge is -2.23. The van der Waals surface area contributed by atoms with Crippen molar-refractivity contribution in [2.45, 2.75) is 18.7 Å². The molecule has 0 saturated carbocycles. The second kappa shape index (κ2) is 11.9. The molecule has 0 aliphatic carbocycles. The standard InChI is InChI=1S/C27H23Cl2N5O5S/c1-18-14-20(19(2)33(18)26-13-8-21(28)15-25(26)29)16-30-31-27(35)17-32(22-9-11-23(12-10-22)34(36)37)40(38,39)24-6-4-3-5-7-24/h3-16H,17H2,1-2H3,(H,31,35)/b30-16-. The minimum absolute atomic E-state index is 0.0436. The highest BCUT2D eigenvalue weighted by molar-refractivity contribution is 7.92. The van der Waals surface area contributed by atoms with E-state index in [1.165, 1.54) is 42.6 Å². The van der Waals surface area contributed by atoms with Gasteiger partial charge in [0.15, 0.2) is 0 Å². The van der Waals surface area contributed by atoms with Gasteiger partial charge in [-0.15, -0.1) is 0 Å². The van der Waals surface area contributed by atoms with Crippen LogP contribution in [0.25, 0.3) is 5.69 Å². The number of carbonyl (C=O) groups is 1. The molecule has 0 unspecified atom stereocenters. The summed E-state index contributed by atoms with van der Waals surface area (Å²) in [5, 5.41) is 16.1. The summed E-state index contributed by atoms with van der Waals surface area (Å²) in [6, 6.07) is 19.5. The van der Waals surface area contributed by atoms with Crippen LogP contribution in [0.4, 0.5) is 11.4 Å². The van der Waals surface area contributed by atoms with Gasteiger partial charge in [-0.05, 0) is 62.4 Å². The second-order valence-electron chi connectivity index (χ2n) is 8.65. The predicted octanol–water partition coefficient (Wildman–Crippen LogP) is 5.65. The number of non-ortho nitro benzene ring substituents is 1. The Hall–Kier alpha value is -4.19. The summed E-state index contributed by atoms with van der Waals surface area (Å²) in [6.07, 6.45) is 1.45. The van der Waals surface area contributed by atoms with Crippen LogP contribution in [0, 0.1) is 24.0 Å². The molecule has 0 saturated heterocycles. The fourth-order valence-corrected chi connectivity index (χ4v) is 6.00. The van der Waals surface area contributed by atoms with Gasteiger partial charge in [0.25, 0.3) is 21.6 Å². The minimum Gasteiger partial charge on any atom is -0.316 e. The van der Waals surface area contributed by atoms with Crippen molar-refractivity contribution in [1.82, 2.24) is 9.99 Å². The van der Waals surface area contributed by atoms with Gasteiger partial charge in [0.1, 0.15) is 6.54 Å². The fraction of sp³-hybridized carbons (Fsp3) is 0.111. The van der Waals surface area contributed by atoms with Crippen molar-refractivity contribution in [1.29, 1.82) is 0 Å². The average Bonchev–Trinajstić information content (AvgIpc) is 3.20. The Morgan fingerprint density at radius 2 is 1.73 bits per heavy atom. The van der Waals surface area contributed by atoms with Crippen LogP contribution >= 0.6 is 23.2 Å². The van der Waals surface area contributed by atoms with Gasteiger partial charge in [0.05, 0.1) is 32.4 Å². The summed E-state index contributed by atoms with van der Waals surface area (Å²) < 4.78 is 29.6. The molecule has 3 aromatic carbocycles. The number of rotatable bonds is 9. The van der Waals surface area contributed by atoms with Crippen molar-refractivity contribution in [2.24, 2.45) is 5.10 Å². The molecule has 1 aromatic heterocycles. The van der Waals surface area contributed by atoms with E-state index >= 15 is 0 Å². The zero-order valence-corrected chi connectivity index (χ0v) is 23.6. The van der Waals surface area contributed by atoms with E-state index in [2.05, 4.69) is 10.5 Å². The lowest BCUT2D eigenvalue weighted by atomic mass is 10.2. The van der Waals surface area contributed by atoms with Gasteiger partial charge in [-0.1, -0.05) is 41.4 Å². The van der Waals surface area contributed by atoms with Gasteiger partial charge in [-0.2, -0.15) is 5.10 Å². The number of carbonyl (C=O) groups excluding carboxylic acids is 1. The molecule has 10 nitrogen and oxygen atoms in total. The molecule has 0 fully saturated rings. The van der Waals surface area contributed by atoms with E-state index in [0.29, 0.717) is 15.6 Å².